The van der Waals surface area contributed by atoms with Gasteiger partial charge in [-0.15, -0.1) is 0 Å². The fourth-order valence-electron chi connectivity index (χ4n) is 2.05. The Labute approximate surface area is 109 Å². The summed E-state index contributed by atoms with van der Waals surface area (Å²) in [6.45, 7) is 3.27. The van der Waals surface area contributed by atoms with E-state index in [4.69, 9.17) is 5.73 Å². The van der Waals surface area contributed by atoms with E-state index >= 15 is 0 Å². The van der Waals surface area contributed by atoms with Gasteiger partial charge in [0.2, 0.25) is 10.0 Å². The molecule has 0 radical (unpaired) electrons. The van der Waals surface area contributed by atoms with Gasteiger partial charge in [-0.1, -0.05) is 25.1 Å². The third-order valence-corrected chi connectivity index (χ3v) is 5.36. The molecule has 0 aliphatic heterocycles. The van der Waals surface area contributed by atoms with Crippen LogP contribution in [0.15, 0.2) is 29.2 Å². The lowest BCUT2D eigenvalue weighted by molar-refractivity contribution is 0.411. The molecule has 0 unspecified atom stereocenters. The summed E-state index contributed by atoms with van der Waals surface area (Å²) in [5.74, 6) is 0.546. The van der Waals surface area contributed by atoms with Crippen LogP contribution in [0.25, 0.3) is 0 Å². The number of rotatable bonds is 6. The van der Waals surface area contributed by atoms with Gasteiger partial charge in [0.1, 0.15) is 0 Å². The minimum Gasteiger partial charge on any atom is -0.326 e. The Kier molecular flexibility index (Phi) is 4.04. The van der Waals surface area contributed by atoms with Crippen molar-refractivity contribution in [2.45, 2.75) is 31.2 Å². The van der Waals surface area contributed by atoms with Crippen molar-refractivity contribution in [2.24, 2.45) is 11.7 Å². The van der Waals surface area contributed by atoms with Gasteiger partial charge >= 0.3 is 0 Å². The summed E-state index contributed by atoms with van der Waals surface area (Å²) in [5, 5.41) is 0. The molecule has 0 aromatic heterocycles. The van der Waals surface area contributed by atoms with E-state index in [1.54, 1.807) is 22.5 Å². The summed E-state index contributed by atoms with van der Waals surface area (Å²) in [6.07, 6.45) is 2.29. The summed E-state index contributed by atoms with van der Waals surface area (Å²) >= 11 is 0. The molecule has 1 aromatic rings. The van der Waals surface area contributed by atoms with Crippen LogP contribution in [-0.2, 0) is 16.6 Å². The van der Waals surface area contributed by atoms with Crippen molar-refractivity contribution in [3.8, 4) is 0 Å². The first-order valence-electron chi connectivity index (χ1n) is 6.37. The lowest BCUT2D eigenvalue weighted by Gasteiger charge is -2.21. The van der Waals surface area contributed by atoms with Crippen LogP contribution < -0.4 is 5.73 Å². The van der Waals surface area contributed by atoms with Gasteiger partial charge in [0.15, 0.2) is 0 Å². The molecule has 4 nitrogen and oxygen atoms in total. The number of benzene rings is 1. The summed E-state index contributed by atoms with van der Waals surface area (Å²) in [6, 6.07) is 6.99. The van der Waals surface area contributed by atoms with Gasteiger partial charge in [-0.3, -0.25) is 0 Å². The zero-order valence-electron chi connectivity index (χ0n) is 10.7. The summed E-state index contributed by atoms with van der Waals surface area (Å²) in [5.41, 5.74) is 6.31. The van der Waals surface area contributed by atoms with E-state index in [9.17, 15) is 8.42 Å². The smallest absolute Gasteiger partial charge is 0.243 e. The minimum atomic E-state index is -3.40. The molecule has 1 aliphatic carbocycles. The molecular weight excluding hydrogens is 248 g/mol. The monoisotopic (exact) mass is 268 g/mol. The number of hydrogen-bond acceptors (Lipinski definition) is 3. The lowest BCUT2D eigenvalue weighted by Crippen LogP contribution is -2.33. The van der Waals surface area contributed by atoms with E-state index in [1.165, 1.54) is 0 Å². The van der Waals surface area contributed by atoms with Crippen LogP contribution in [0.2, 0.25) is 0 Å². The second-order valence-electron chi connectivity index (χ2n) is 4.71. The number of nitrogens with zero attached hydrogens (tertiary/aromatic N) is 1. The molecule has 100 valence electrons. The summed E-state index contributed by atoms with van der Waals surface area (Å²) in [7, 11) is -3.40. The molecule has 0 bridgehead atoms. The molecule has 0 amide bonds. The number of hydrogen-bond donors (Lipinski definition) is 1. The molecule has 1 saturated carbocycles. The highest BCUT2D eigenvalue weighted by Crippen LogP contribution is 2.31. The average molecular weight is 268 g/mol. The molecule has 1 aliphatic rings. The van der Waals surface area contributed by atoms with Gasteiger partial charge in [-0.25, -0.2) is 8.42 Å². The van der Waals surface area contributed by atoms with Crippen LogP contribution >= 0.6 is 0 Å². The molecule has 2 rings (SSSR count). The molecule has 18 heavy (non-hydrogen) atoms. The van der Waals surface area contributed by atoms with E-state index in [0.717, 1.165) is 12.8 Å². The number of sulfonamides is 1. The van der Waals surface area contributed by atoms with Crippen LogP contribution in [0.5, 0.6) is 0 Å². The normalized spacial score (nSPS) is 16.2. The van der Waals surface area contributed by atoms with E-state index in [1.807, 2.05) is 13.0 Å². The Morgan fingerprint density at radius 3 is 2.56 bits per heavy atom. The van der Waals surface area contributed by atoms with Crippen molar-refractivity contribution < 1.29 is 8.42 Å². The second-order valence-corrected chi connectivity index (χ2v) is 6.62. The standard InChI is InChI=1S/C13H20N2O2S/c1-2-15(10-11-7-8-11)18(16,17)13-6-4-3-5-12(13)9-14/h3-6,11H,2,7-10,14H2,1H3. The molecule has 2 N–H and O–H groups in total. The second kappa shape index (κ2) is 5.38. The van der Waals surface area contributed by atoms with Gasteiger partial charge in [-0.2, -0.15) is 4.31 Å². The minimum absolute atomic E-state index is 0.246. The molecule has 0 spiro atoms. The highest BCUT2D eigenvalue weighted by atomic mass is 32.2. The van der Waals surface area contributed by atoms with Crippen LogP contribution in [-0.4, -0.2) is 25.8 Å². The van der Waals surface area contributed by atoms with Gasteiger partial charge < -0.3 is 5.73 Å². The first-order valence-corrected chi connectivity index (χ1v) is 7.81. The molecule has 0 heterocycles. The van der Waals surface area contributed by atoms with Gasteiger partial charge in [0.05, 0.1) is 4.90 Å². The van der Waals surface area contributed by atoms with Crippen LogP contribution in [0, 0.1) is 5.92 Å². The lowest BCUT2D eigenvalue weighted by atomic mass is 10.2. The Morgan fingerprint density at radius 1 is 1.33 bits per heavy atom. The van der Waals surface area contributed by atoms with E-state index in [2.05, 4.69) is 0 Å². The van der Waals surface area contributed by atoms with Crippen LogP contribution in [0.4, 0.5) is 0 Å². The molecule has 1 fully saturated rings. The highest BCUT2D eigenvalue weighted by Gasteiger charge is 2.31. The largest absolute Gasteiger partial charge is 0.326 e. The third kappa shape index (κ3) is 2.74. The Bertz CT molecular complexity index is 509. The maximum absolute atomic E-state index is 12.6. The average Bonchev–Trinajstić information content (AvgIpc) is 3.19. The Hall–Kier alpha value is -0.910. The van der Waals surface area contributed by atoms with Crippen molar-refractivity contribution in [1.82, 2.24) is 4.31 Å². The Balaban J connectivity index is 2.32. The van der Waals surface area contributed by atoms with Crippen LogP contribution in [0.1, 0.15) is 25.3 Å². The fourth-order valence-corrected chi connectivity index (χ4v) is 3.81. The molecular formula is C13H20N2O2S. The number of nitrogens with two attached hydrogens (primary N) is 1. The fraction of sp³-hybridized carbons (Fsp3) is 0.538. The Morgan fingerprint density at radius 2 is 2.00 bits per heavy atom. The maximum Gasteiger partial charge on any atom is 0.243 e. The van der Waals surface area contributed by atoms with Gasteiger partial charge in [0, 0.05) is 19.6 Å². The van der Waals surface area contributed by atoms with Crippen molar-refractivity contribution in [1.29, 1.82) is 0 Å². The SMILES string of the molecule is CCN(CC1CC1)S(=O)(=O)c1ccccc1CN. The van der Waals surface area contributed by atoms with Crippen molar-refractivity contribution in [2.75, 3.05) is 13.1 Å². The molecule has 1 aromatic carbocycles. The topological polar surface area (TPSA) is 63.4 Å². The zero-order chi connectivity index (χ0) is 13.2. The van der Waals surface area contributed by atoms with Crippen LogP contribution in [0.3, 0.4) is 0 Å². The first-order chi connectivity index (χ1) is 8.59. The molecule has 0 saturated heterocycles. The van der Waals surface area contributed by atoms with E-state index < -0.39 is 10.0 Å². The van der Waals surface area contributed by atoms with E-state index in [-0.39, 0.29) is 6.54 Å². The highest BCUT2D eigenvalue weighted by molar-refractivity contribution is 7.89. The van der Waals surface area contributed by atoms with E-state index in [0.29, 0.717) is 29.5 Å². The van der Waals surface area contributed by atoms with Gasteiger partial charge in [0.25, 0.3) is 0 Å². The molecule has 0 atom stereocenters. The van der Waals surface area contributed by atoms with Crippen molar-refractivity contribution in [3.63, 3.8) is 0 Å². The first kappa shape index (κ1) is 13.5. The van der Waals surface area contributed by atoms with Crippen molar-refractivity contribution in [3.05, 3.63) is 29.8 Å². The maximum atomic E-state index is 12.6. The van der Waals surface area contributed by atoms with Crippen molar-refractivity contribution >= 4 is 10.0 Å². The summed E-state index contributed by atoms with van der Waals surface area (Å²) < 4.78 is 26.7. The molecule has 5 heteroatoms. The zero-order valence-corrected chi connectivity index (χ0v) is 11.5. The predicted molar refractivity (Wildman–Crippen MR) is 71.5 cm³/mol. The summed E-state index contributed by atoms with van der Waals surface area (Å²) in [4.78, 5) is 0.356. The third-order valence-electron chi connectivity index (χ3n) is 3.32. The van der Waals surface area contributed by atoms with Gasteiger partial charge in [-0.05, 0) is 30.4 Å². The quantitative estimate of drug-likeness (QED) is 0.851. The predicted octanol–water partition coefficient (Wildman–Crippen LogP) is 1.57.